The molecule has 6 heteroatoms. The number of hydrogen-bond acceptors (Lipinski definition) is 4. The zero-order chi connectivity index (χ0) is 21.3. The molecule has 0 aromatic heterocycles. The number of amides is 2. The smallest absolute Gasteiger partial charge is 0.263 e. The molecule has 164 valence electrons. The Balaban J connectivity index is 1.58. The maximum atomic E-state index is 12.7. The number of rotatable bonds is 9. The third-order valence-corrected chi connectivity index (χ3v) is 5.97. The summed E-state index contributed by atoms with van der Waals surface area (Å²) in [6.45, 7) is 5.36. The van der Waals surface area contributed by atoms with Crippen LogP contribution < -0.4 is 20.3 Å². The van der Waals surface area contributed by atoms with Crippen LogP contribution in [0.1, 0.15) is 58.8 Å². The first kappa shape index (κ1) is 22.2. The number of allylic oxidation sites excluding steroid dienone is 1. The van der Waals surface area contributed by atoms with Gasteiger partial charge in [-0.2, -0.15) is 0 Å². The summed E-state index contributed by atoms with van der Waals surface area (Å²) >= 11 is 0. The minimum Gasteiger partial charge on any atom is -0.477 e. The lowest BCUT2D eigenvalue weighted by Gasteiger charge is -2.35. The zero-order valence-corrected chi connectivity index (χ0v) is 18.3. The topological polar surface area (TPSA) is 70.7 Å². The lowest BCUT2D eigenvalue weighted by Crippen LogP contribution is -2.52. The maximum absolute atomic E-state index is 12.7. The minimum absolute atomic E-state index is 0.0257. The van der Waals surface area contributed by atoms with Gasteiger partial charge in [-0.15, -0.1) is 0 Å². The van der Waals surface area contributed by atoms with E-state index in [9.17, 15) is 9.59 Å². The molecule has 1 aliphatic carbocycles. The Bertz CT molecular complexity index is 758. The number of ether oxygens (including phenoxy) is 1. The summed E-state index contributed by atoms with van der Waals surface area (Å²) in [4.78, 5) is 27.3. The van der Waals surface area contributed by atoms with Gasteiger partial charge in [-0.3, -0.25) is 9.59 Å². The van der Waals surface area contributed by atoms with Gasteiger partial charge in [0.05, 0.1) is 18.8 Å². The van der Waals surface area contributed by atoms with E-state index < -0.39 is 6.10 Å². The van der Waals surface area contributed by atoms with E-state index in [1.54, 1.807) is 0 Å². The summed E-state index contributed by atoms with van der Waals surface area (Å²) < 4.78 is 5.96. The van der Waals surface area contributed by atoms with Crippen molar-refractivity contribution in [2.75, 3.05) is 24.5 Å². The molecule has 0 saturated carbocycles. The Hall–Kier alpha value is -2.50. The van der Waals surface area contributed by atoms with Crippen molar-refractivity contribution in [3.05, 3.63) is 35.9 Å². The van der Waals surface area contributed by atoms with Crippen molar-refractivity contribution in [2.45, 2.75) is 70.9 Å². The second kappa shape index (κ2) is 11.0. The fourth-order valence-corrected chi connectivity index (χ4v) is 4.10. The number of fused-ring (bicyclic) bond motifs is 1. The molecule has 2 amide bonds. The van der Waals surface area contributed by atoms with Crippen molar-refractivity contribution in [3.8, 4) is 5.75 Å². The van der Waals surface area contributed by atoms with Crippen LogP contribution in [0.2, 0.25) is 0 Å². The minimum atomic E-state index is -0.624. The van der Waals surface area contributed by atoms with E-state index in [4.69, 9.17) is 4.74 Å². The zero-order valence-electron chi connectivity index (χ0n) is 18.3. The predicted octanol–water partition coefficient (Wildman–Crippen LogP) is 3.57. The molecule has 6 nitrogen and oxygen atoms in total. The fourth-order valence-electron chi connectivity index (χ4n) is 4.10. The number of anilines is 1. The van der Waals surface area contributed by atoms with E-state index in [1.807, 2.05) is 29.2 Å². The molecule has 1 aromatic rings. The summed E-state index contributed by atoms with van der Waals surface area (Å²) in [7, 11) is 0. The average molecular weight is 414 g/mol. The van der Waals surface area contributed by atoms with E-state index in [0.29, 0.717) is 18.8 Å². The quantitative estimate of drug-likeness (QED) is 0.607. The maximum Gasteiger partial charge on any atom is 0.263 e. The number of para-hydroxylation sites is 2. The van der Waals surface area contributed by atoms with E-state index >= 15 is 0 Å². The number of hydrogen-bond donors (Lipinski definition) is 2. The molecule has 1 aliphatic heterocycles. The summed E-state index contributed by atoms with van der Waals surface area (Å²) in [6.07, 6.45) is 9.23. The standard InChI is InChI=1S/C24H35N3O3/c1-3-19(4-2)26-24(29)22-16-27(20-12-8-9-13-21(20)30-22)17-23(28)25-15-14-18-10-6-5-7-11-18/h8-10,12-13,19,22H,3-7,11,14-17H2,1-2H3,(H,25,28)(H,26,29). The van der Waals surface area contributed by atoms with Crippen LogP contribution in [0, 0.1) is 0 Å². The molecule has 0 spiro atoms. The highest BCUT2D eigenvalue weighted by Gasteiger charge is 2.32. The summed E-state index contributed by atoms with van der Waals surface area (Å²) in [5.74, 6) is 0.503. The molecular weight excluding hydrogens is 378 g/mol. The third-order valence-electron chi connectivity index (χ3n) is 5.97. The number of carbonyl (C=O) groups is 2. The number of benzene rings is 1. The second-order valence-electron chi connectivity index (χ2n) is 8.18. The number of carbonyl (C=O) groups excluding carboxylic acids is 2. The first-order chi connectivity index (χ1) is 14.6. The molecule has 1 unspecified atom stereocenters. The SMILES string of the molecule is CCC(CC)NC(=O)C1CN(CC(=O)NCCC2=CCCCC2)c2ccccc2O1. The van der Waals surface area contributed by atoms with Crippen LogP contribution in [-0.2, 0) is 9.59 Å². The van der Waals surface area contributed by atoms with Crippen molar-refractivity contribution >= 4 is 17.5 Å². The van der Waals surface area contributed by atoms with Crippen LogP contribution in [0.5, 0.6) is 5.75 Å². The van der Waals surface area contributed by atoms with E-state index in [0.717, 1.165) is 37.8 Å². The van der Waals surface area contributed by atoms with Crippen molar-refractivity contribution in [3.63, 3.8) is 0 Å². The van der Waals surface area contributed by atoms with Crippen LogP contribution >= 0.6 is 0 Å². The summed E-state index contributed by atoms with van der Waals surface area (Å²) in [5.41, 5.74) is 2.31. The highest BCUT2D eigenvalue weighted by Crippen LogP contribution is 2.33. The highest BCUT2D eigenvalue weighted by molar-refractivity contribution is 5.86. The lowest BCUT2D eigenvalue weighted by atomic mass is 9.97. The molecule has 1 heterocycles. The molecule has 0 fully saturated rings. The van der Waals surface area contributed by atoms with Crippen LogP contribution in [0.3, 0.4) is 0 Å². The van der Waals surface area contributed by atoms with Crippen LogP contribution in [-0.4, -0.2) is 43.6 Å². The number of nitrogens with one attached hydrogen (secondary N) is 2. The Labute approximate surface area is 180 Å². The molecule has 0 bridgehead atoms. The summed E-state index contributed by atoms with van der Waals surface area (Å²) in [6, 6.07) is 7.74. The van der Waals surface area contributed by atoms with Gasteiger partial charge in [0, 0.05) is 12.6 Å². The first-order valence-electron chi connectivity index (χ1n) is 11.4. The Morgan fingerprint density at radius 3 is 2.73 bits per heavy atom. The van der Waals surface area contributed by atoms with Gasteiger partial charge in [0.25, 0.3) is 5.91 Å². The Kier molecular flexibility index (Phi) is 8.17. The Morgan fingerprint density at radius 1 is 1.20 bits per heavy atom. The van der Waals surface area contributed by atoms with Crippen molar-refractivity contribution in [2.24, 2.45) is 0 Å². The van der Waals surface area contributed by atoms with Crippen LogP contribution in [0.25, 0.3) is 0 Å². The monoisotopic (exact) mass is 413 g/mol. The normalized spacial score (nSPS) is 18.3. The lowest BCUT2D eigenvalue weighted by molar-refractivity contribution is -0.129. The molecule has 0 radical (unpaired) electrons. The highest BCUT2D eigenvalue weighted by atomic mass is 16.5. The molecule has 2 aliphatic rings. The van der Waals surface area contributed by atoms with Crippen LogP contribution in [0.15, 0.2) is 35.9 Å². The molecule has 0 saturated heterocycles. The third kappa shape index (κ3) is 6.00. The molecule has 1 aromatic carbocycles. The van der Waals surface area contributed by atoms with Gasteiger partial charge in [0.1, 0.15) is 5.75 Å². The van der Waals surface area contributed by atoms with Crippen molar-refractivity contribution < 1.29 is 14.3 Å². The largest absolute Gasteiger partial charge is 0.477 e. The molecule has 3 rings (SSSR count). The van der Waals surface area contributed by atoms with Gasteiger partial charge in [-0.25, -0.2) is 0 Å². The Morgan fingerprint density at radius 2 is 2.00 bits per heavy atom. The van der Waals surface area contributed by atoms with Crippen molar-refractivity contribution in [1.82, 2.24) is 10.6 Å². The van der Waals surface area contributed by atoms with Gasteiger partial charge in [-0.05, 0) is 57.1 Å². The van der Waals surface area contributed by atoms with Gasteiger partial charge < -0.3 is 20.3 Å². The summed E-state index contributed by atoms with van der Waals surface area (Å²) in [5, 5.41) is 6.10. The van der Waals surface area contributed by atoms with Gasteiger partial charge >= 0.3 is 0 Å². The predicted molar refractivity (Wildman–Crippen MR) is 120 cm³/mol. The molecular formula is C24H35N3O3. The number of nitrogens with zero attached hydrogens (tertiary/aromatic N) is 1. The van der Waals surface area contributed by atoms with E-state index in [1.165, 1.54) is 18.4 Å². The molecule has 1 atom stereocenters. The molecule has 30 heavy (non-hydrogen) atoms. The average Bonchev–Trinajstić information content (AvgIpc) is 2.78. The first-order valence-corrected chi connectivity index (χ1v) is 11.4. The van der Waals surface area contributed by atoms with E-state index in [-0.39, 0.29) is 24.4 Å². The van der Waals surface area contributed by atoms with E-state index in [2.05, 4.69) is 30.6 Å². The van der Waals surface area contributed by atoms with Gasteiger partial charge in [-0.1, -0.05) is 37.6 Å². The van der Waals surface area contributed by atoms with Crippen molar-refractivity contribution in [1.29, 1.82) is 0 Å². The second-order valence-corrected chi connectivity index (χ2v) is 8.18. The van der Waals surface area contributed by atoms with Gasteiger partial charge in [0.2, 0.25) is 5.91 Å². The fraction of sp³-hybridized carbons (Fsp3) is 0.583. The van der Waals surface area contributed by atoms with Crippen LogP contribution in [0.4, 0.5) is 5.69 Å². The molecule has 2 N–H and O–H groups in total. The van der Waals surface area contributed by atoms with Gasteiger partial charge in [0.15, 0.2) is 6.10 Å².